The average Bonchev–Trinajstić information content (AvgIpc) is 2.74. The number of nitrogens with zero attached hydrogens (tertiary/aromatic N) is 2. The third kappa shape index (κ3) is 3.64. The molecule has 0 amide bonds. The van der Waals surface area contributed by atoms with E-state index in [2.05, 4.69) is 90.0 Å². The van der Waals surface area contributed by atoms with E-state index >= 15 is 0 Å². The highest BCUT2D eigenvalue weighted by molar-refractivity contribution is 14.1. The van der Waals surface area contributed by atoms with Crippen LogP contribution in [0.4, 0.5) is 0 Å². The van der Waals surface area contributed by atoms with Crippen molar-refractivity contribution in [2.24, 2.45) is 7.05 Å². The van der Waals surface area contributed by atoms with E-state index in [-0.39, 0.29) is 6.04 Å². The van der Waals surface area contributed by atoms with Gasteiger partial charge < -0.3 is 5.32 Å². The van der Waals surface area contributed by atoms with Crippen molar-refractivity contribution in [3.05, 3.63) is 48.2 Å². The van der Waals surface area contributed by atoms with Crippen molar-refractivity contribution in [1.82, 2.24) is 15.1 Å². The molecule has 0 bridgehead atoms. The highest BCUT2D eigenvalue weighted by Gasteiger charge is 2.22. The third-order valence-corrected chi connectivity index (χ3v) is 5.17. The second-order valence-electron chi connectivity index (χ2n) is 4.55. The first-order valence-corrected chi connectivity index (χ1v) is 9.06. The van der Waals surface area contributed by atoms with Gasteiger partial charge in [0.2, 0.25) is 0 Å². The average molecular weight is 513 g/mol. The number of aryl methyl sites for hydroxylation is 1. The van der Waals surface area contributed by atoms with Crippen LogP contribution in [0.1, 0.15) is 30.6 Å². The normalized spacial score (nSPS) is 12.7. The topological polar surface area (TPSA) is 29.9 Å². The van der Waals surface area contributed by atoms with Crippen LogP contribution in [0.3, 0.4) is 0 Å². The molecule has 0 radical (unpaired) electrons. The lowest BCUT2D eigenvalue weighted by atomic mass is 10.0. The number of aromatic nitrogens is 2. The van der Waals surface area contributed by atoms with Crippen LogP contribution in [-0.2, 0) is 7.05 Å². The number of hydrogen-bond acceptors (Lipinski definition) is 2. The predicted molar refractivity (Wildman–Crippen MR) is 97.9 cm³/mol. The molecule has 0 aliphatic rings. The molecule has 1 aromatic heterocycles. The van der Waals surface area contributed by atoms with E-state index < -0.39 is 0 Å². The van der Waals surface area contributed by atoms with E-state index in [1.54, 1.807) is 0 Å². The second-order valence-corrected chi connectivity index (χ2v) is 7.49. The molecular weight excluding hydrogens is 497 g/mol. The van der Waals surface area contributed by atoms with E-state index in [9.17, 15) is 0 Å². The van der Waals surface area contributed by atoms with Crippen molar-refractivity contribution in [1.29, 1.82) is 0 Å². The maximum absolute atomic E-state index is 4.34. The highest BCUT2D eigenvalue weighted by atomic mass is 127. The van der Waals surface area contributed by atoms with Crippen LogP contribution in [0.5, 0.6) is 0 Å². The van der Waals surface area contributed by atoms with Gasteiger partial charge in [-0.05, 0) is 75.2 Å². The minimum atomic E-state index is 0.126. The lowest BCUT2D eigenvalue weighted by molar-refractivity contribution is 0.550. The fourth-order valence-electron chi connectivity index (χ4n) is 2.12. The molecular formula is C14H16Br2IN3. The zero-order valence-electron chi connectivity index (χ0n) is 11.3. The first-order valence-electron chi connectivity index (χ1n) is 6.40. The molecule has 1 heterocycles. The fourth-order valence-corrected chi connectivity index (χ4v) is 3.73. The number of hydrogen-bond donors (Lipinski definition) is 1. The molecule has 0 saturated carbocycles. The van der Waals surface area contributed by atoms with Gasteiger partial charge in [0.15, 0.2) is 0 Å². The van der Waals surface area contributed by atoms with Gasteiger partial charge in [-0.2, -0.15) is 5.10 Å². The number of nitrogens with one attached hydrogen (secondary N) is 1. The van der Waals surface area contributed by atoms with Gasteiger partial charge in [0, 0.05) is 15.1 Å². The Morgan fingerprint density at radius 2 is 2.15 bits per heavy atom. The van der Waals surface area contributed by atoms with Crippen molar-refractivity contribution >= 4 is 54.5 Å². The molecule has 0 saturated heterocycles. The van der Waals surface area contributed by atoms with Crippen LogP contribution >= 0.6 is 54.5 Å². The summed E-state index contributed by atoms with van der Waals surface area (Å²) in [6, 6.07) is 6.50. The molecule has 2 aromatic rings. The quantitative estimate of drug-likeness (QED) is 0.592. The van der Waals surface area contributed by atoms with Gasteiger partial charge in [-0.3, -0.25) is 4.68 Å². The molecule has 6 heteroatoms. The largest absolute Gasteiger partial charge is 0.305 e. The summed E-state index contributed by atoms with van der Waals surface area (Å²) < 4.78 is 5.29. The SMILES string of the molecule is CCCNC(c1cc(Br)ccc1I)c1c(Br)cnn1C. The van der Waals surface area contributed by atoms with Crippen LogP contribution in [0.2, 0.25) is 0 Å². The van der Waals surface area contributed by atoms with Gasteiger partial charge >= 0.3 is 0 Å². The summed E-state index contributed by atoms with van der Waals surface area (Å²) in [4.78, 5) is 0. The molecule has 1 aromatic carbocycles. The lowest BCUT2D eigenvalue weighted by Gasteiger charge is -2.21. The third-order valence-electron chi connectivity index (χ3n) is 3.08. The summed E-state index contributed by atoms with van der Waals surface area (Å²) in [5, 5.41) is 7.96. The summed E-state index contributed by atoms with van der Waals surface area (Å²) >= 11 is 9.57. The van der Waals surface area contributed by atoms with Crippen LogP contribution in [0, 0.1) is 3.57 Å². The van der Waals surface area contributed by atoms with Crippen LogP contribution in [0.25, 0.3) is 0 Å². The van der Waals surface area contributed by atoms with Gasteiger partial charge in [0.1, 0.15) is 0 Å². The molecule has 0 aliphatic heterocycles. The fraction of sp³-hybridized carbons (Fsp3) is 0.357. The van der Waals surface area contributed by atoms with Gasteiger partial charge in [-0.15, -0.1) is 0 Å². The zero-order chi connectivity index (χ0) is 14.7. The summed E-state index contributed by atoms with van der Waals surface area (Å²) in [7, 11) is 1.98. The van der Waals surface area contributed by atoms with Crippen LogP contribution in [-0.4, -0.2) is 16.3 Å². The minimum Gasteiger partial charge on any atom is -0.305 e. The molecule has 1 atom stereocenters. The predicted octanol–water partition coefficient (Wildman–Crippen LogP) is 4.64. The van der Waals surface area contributed by atoms with Crippen molar-refractivity contribution in [2.45, 2.75) is 19.4 Å². The highest BCUT2D eigenvalue weighted by Crippen LogP contribution is 2.32. The van der Waals surface area contributed by atoms with Crippen LogP contribution < -0.4 is 5.32 Å². The Morgan fingerprint density at radius 3 is 2.75 bits per heavy atom. The smallest absolute Gasteiger partial charge is 0.0770 e. The van der Waals surface area contributed by atoms with Crippen molar-refractivity contribution in [2.75, 3.05) is 6.54 Å². The van der Waals surface area contributed by atoms with Gasteiger partial charge in [-0.25, -0.2) is 0 Å². The van der Waals surface area contributed by atoms with Crippen molar-refractivity contribution in [3.8, 4) is 0 Å². The standard InChI is InChI=1S/C14H16Br2IN3/c1-3-6-18-13(14-11(16)8-19-20(14)2)10-7-9(15)4-5-12(10)17/h4-5,7-8,13,18H,3,6H2,1-2H3. The molecule has 1 unspecified atom stereocenters. The molecule has 0 fully saturated rings. The van der Waals surface area contributed by atoms with E-state index in [0.29, 0.717) is 0 Å². The monoisotopic (exact) mass is 511 g/mol. The summed E-state index contributed by atoms with van der Waals surface area (Å²) in [6.07, 6.45) is 2.94. The Hall–Kier alpha value is 0.0800. The Balaban J connectivity index is 2.50. The zero-order valence-corrected chi connectivity index (χ0v) is 16.7. The van der Waals surface area contributed by atoms with Crippen molar-refractivity contribution < 1.29 is 0 Å². The number of halogens is 3. The Kier molecular flexibility index (Phi) is 6.07. The number of benzene rings is 1. The molecule has 20 heavy (non-hydrogen) atoms. The lowest BCUT2D eigenvalue weighted by Crippen LogP contribution is -2.26. The van der Waals surface area contributed by atoms with E-state index in [0.717, 1.165) is 27.6 Å². The number of rotatable bonds is 5. The molecule has 1 N–H and O–H groups in total. The molecule has 3 nitrogen and oxygen atoms in total. The van der Waals surface area contributed by atoms with E-state index in [1.807, 2.05) is 17.9 Å². The Morgan fingerprint density at radius 1 is 1.40 bits per heavy atom. The summed E-state index contributed by atoms with van der Waals surface area (Å²) in [5.74, 6) is 0. The van der Waals surface area contributed by atoms with Crippen LogP contribution in [0.15, 0.2) is 33.3 Å². The maximum Gasteiger partial charge on any atom is 0.0770 e. The van der Waals surface area contributed by atoms with E-state index in [1.165, 1.54) is 9.13 Å². The molecule has 2 rings (SSSR count). The van der Waals surface area contributed by atoms with E-state index in [4.69, 9.17) is 0 Å². The van der Waals surface area contributed by atoms with Crippen molar-refractivity contribution in [3.63, 3.8) is 0 Å². The summed E-state index contributed by atoms with van der Waals surface area (Å²) in [6.45, 7) is 3.14. The summed E-state index contributed by atoms with van der Waals surface area (Å²) in [5.41, 5.74) is 2.41. The Labute approximate surface area is 149 Å². The second kappa shape index (κ2) is 7.38. The molecule has 0 aliphatic carbocycles. The maximum atomic E-state index is 4.34. The molecule has 108 valence electrons. The van der Waals surface area contributed by atoms with Gasteiger partial charge in [-0.1, -0.05) is 22.9 Å². The molecule has 0 spiro atoms. The van der Waals surface area contributed by atoms with Gasteiger partial charge in [0.25, 0.3) is 0 Å². The van der Waals surface area contributed by atoms with Gasteiger partial charge in [0.05, 0.1) is 22.4 Å². The first kappa shape index (κ1) is 16.5. The Bertz CT molecular complexity index is 579. The minimum absolute atomic E-state index is 0.126. The first-order chi connectivity index (χ1) is 9.54.